The first-order valence-corrected chi connectivity index (χ1v) is 6.84. The maximum absolute atomic E-state index is 12.0. The Kier molecular flexibility index (Phi) is 6.26. The van der Waals surface area contributed by atoms with Gasteiger partial charge in [-0.15, -0.1) is 12.3 Å². The molecule has 0 N–H and O–H groups in total. The van der Waals surface area contributed by atoms with Crippen molar-refractivity contribution in [2.75, 3.05) is 14.2 Å². The predicted octanol–water partition coefficient (Wildman–Crippen LogP) is 2.94. The third-order valence-electron chi connectivity index (χ3n) is 3.55. The molecule has 20 heavy (non-hydrogen) atoms. The molecule has 1 aliphatic carbocycles. The quantitative estimate of drug-likeness (QED) is 0.336. The van der Waals surface area contributed by atoms with Crippen LogP contribution in [-0.4, -0.2) is 26.2 Å². The molecular weight excluding hydrogens is 256 g/mol. The maximum atomic E-state index is 12.0. The zero-order valence-corrected chi connectivity index (χ0v) is 12.2. The van der Waals surface area contributed by atoms with Gasteiger partial charge >= 0.3 is 11.9 Å². The second kappa shape index (κ2) is 7.71. The number of carbonyl (C=O) groups is 2. The molecule has 0 amide bonds. The Labute approximate surface area is 120 Å². The van der Waals surface area contributed by atoms with Crippen molar-refractivity contribution in [1.82, 2.24) is 0 Å². The summed E-state index contributed by atoms with van der Waals surface area (Å²) in [4.78, 5) is 24.1. The first-order chi connectivity index (χ1) is 9.60. The Hall–Kier alpha value is -1.80. The van der Waals surface area contributed by atoms with Gasteiger partial charge in [-0.05, 0) is 43.8 Å². The van der Waals surface area contributed by atoms with E-state index in [9.17, 15) is 9.59 Å². The van der Waals surface area contributed by atoms with Crippen molar-refractivity contribution in [1.29, 1.82) is 0 Å². The minimum absolute atomic E-state index is 0.132. The highest BCUT2D eigenvalue weighted by Gasteiger charge is 2.45. The standard InChI is InChI=1S/C16H22O4/c1-4-11-16(14(17)19-2,15(18)20-3)12-10-13-8-6-5-7-9-13/h4,12H,1,5-9,11H2,2-3H3. The van der Waals surface area contributed by atoms with Crippen LogP contribution < -0.4 is 0 Å². The van der Waals surface area contributed by atoms with Crippen molar-refractivity contribution in [2.45, 2.75) is 38.5 Å². The van der Waals surface area contributed by atoms with Gasteiger partial charge in [0.2, 0.25) is 0 Å². The van der Waals surface area contributed by atoms with E-state index in [2.05, 4.69) is 12.3 Å². The van der Waals surface area contributed by atoms with E-state index in [0.29, 0.717) is 0 Å². The third kappa shape index (κ3) is 3.61. The van der Waals surface area contributed by atoms with Gasteiger partial charge in [0, 0.05) is 0 Å². The molecule has 4 nitrogen and oxygen atoms in total. The molecule has 0 atom stereocenters. The van der Waals surface area contributed by atoms with Gasteiger partial charge in [-0.25, -0.2) is 0 Å². The average Bonchev–Trinajstić information content (AvgIpc) is 2.50. The summed E-state index contributed by atoms with van der Waals surface area (Å²) in [6, 6.07) is 0. The lowest BCUT2D eigenvalue weighted by Crippen LogP contribution is -2.39. The van der Waals surface area contributed by atoms with Crippen LogP contribution >= 0.6 is 0 Å². The number of hydrogen-bond donors (Lipinski definition) is 0. The third-order valence-corrected chi connectivity index (χ3v) is 3.55. The summed E-state index contributed by atoms with van der Waals surface area (Å²) in [5.41, 5.74) is 2.78. The molecule has 0 aromatic rings. The fourth-order valence-corrected chi connectivity index (χ4v) is 2.37. The SMILES string of the molecule is C=CCC(C=C=C1CCCCC1)(C(=O)OC)C(=O)OC. The topological polar surface area (TPSA) is 52.6 Å². The summed E-state index contributed by atoms with van der Waals surface area (Å²) < 4.78 is 9.53. The van der Waals surface area contributed by atoms with Gasteiger partial charge in [-0.1, -0.05) is 12.5 Å². The van der Waals surface area contributed by atoms with Gasteiger partial charge in [-0.3, -0.25) is 9.59 Å². The van der Waals surface area contributed by atoms with Crippen LogP contribution in [0.2, 0.25) is 0 Å². The van der Waals surface area contributed by atoms with Gasteiger partial charge in [0.25, 0.3) is 0 Å². The number of esters is 2. The number of rotatable bonds is 5. The molecule has 0 spiro atoms. The van der Waals surface area contributed by atoms with Crippen molar-refractivity contribution >= 4 is 11.9 Å². The normalized spacial score (nSPS) is 15.0. The van der Waals surface area contributed by atoms with E-state index < -0.39 is 17.4 Å². The van der Waals surface area contributed by atoms with Crippen LogP contribution in [0.4, 0.5) is 0 Å². The second-order valence-corrected chi connectivity index (χ2v) is 4.90. The molecule has 0 bridgehead atoms. The second-order valence-electron chi connectivity index (χ2n) is 4.90. The van der Waals surface area contributed by atoms with Gasteiger partial charge < -0.3 is 9.47 Å². The first-order valence-electron chi connectivity index (χ1n) is 6.84. The smallest absolute Gasteiger partial charge is 0.328 e. The van der Waals surface area contributed by atoms with Crippen molar-refractivity contribution < 1.29 is 19.1 Å². The maximum Gasteiger partial charge on any atom is 0.328 e. The molecule has 0 saturated heterocycles. The fourth-order valence-electron chi connectivity index (χ4n) is 2.37. The highest BCUT2D eigenvalue weighted by atomic mass is 16.5. The van der Waals surface area contributed by atoms with Crippen LogP contribution in [0.25, 0.3) is 0 Å². The minimum Gasteiger partial charge on any atom is -0.468 e. The van der Waals surface area contributed by atoms with E-state index in [1.807, 2.05) is 0 Å². The Bertz CT molecular complexity index is 417. The summed E-state index contributed by atoms with van der Waals surface area (Å²) in [5, 5.41) is 0. The van der Waals surface area contributed by atoms with Crippen molar-refractivity contribution in [3.05, 3.63) is 30.0 Å². The Morgan fingerprint density at radius 2 is 1.75 bits per heavy atom. The summed E-state index contributed by atoms with van der Waals surface area (Å²) in [5.74, 6) is -1.29. The van der Waals surface area contributed by atoms with E-state index in [0.717, 1.165) is 31.3 Å². The number of ether oxygens (including phenoxy) is 2. The predicted molar refractivity (Wildman–Crippen MR) is 76.0 cm³/mol. The van der Waals surface area contributed by atoms with E-state index in [-0.39, 0.29) is 6.42 Å². The van der Waals surface area contributed by atoms with E-state index >= 15 is 0 Å². The molecule has 0 aromatic heterocycles. The van der Waals surface area contributed by atoms with Crippen molar-refractivity contribution in [3.63, 3.8) is 0 Å². The summed E-state index contributed by atoms with van der Waals surface area (Å²) in [6.07, 6.45) is 8.53. The Morgan fingerprint density at radius 3 is 2.20 bits per heavy atom. The summed E-state index contributed by atoms with van der Waals surface area (Å²) >= 11 is 0. The van der Waals surface area contributed by atoms with Crippen LogP contribution in [-0.2, 0) is 19.1 Å². The Morgan fingerprint density at radius 1 is 1.20 bits per heavy atom. The van der Waals surface area contributed by atoms with Crippen LogP contribution in [0, 0.1) is 5.41 Å². The molecule has 4 heteroatoms. The molecule has 0 aromatic carbocycles. The zero-order valence-electron chi connectivity index (χ0n) is 12.2. The molecule has 1 fully saturated rings. The summed E-state index contributed by atoms with van der Waals surface area (Å²) in [7, 11) is 2.51. The molecule has 0 heterocycles. The number of hydrogen-bond acceptors (Lipinski definition) is 4. The van der Waals surface area contributed by atoms with Gasteiger partial charge in [-0.2, -0.15) is 0 Å². The molecule has 110 valence electrons. The average molecular weight is 278 g/mol. The first kappa shape index (κ1) is 16.3. The van der Waals surface area contributed by atoms with Gasteiger partial charge in [0.1, 0.15) is 0 Å². The van der Waals surface area contributed by atoms with Crippen molar-refractivity contribution in [3.8, 4) is 0 Å². The van der Waals surface area contributed by atoms with Crippen molar-refractivity contribution in [2.24, 2.45) is 5.41 Å². The molecule has 0 unspecified atom stereocenters. The molecule has 1 saturated carbocycles. The largest absolute Gasteiger partial charge is 0.468 e. The molecule has 1 rings (SSSR count). The lowest BCUT2D eigenvalue weighted by molar-refractivity contribution is -0.164. The van der Waals surface area contributed by atoms with E-state index in [4.69, 9.17) is 9.47 Å². The van der Waals surface area contributed by atoms with Crippen LogP contribution in [0.3, 0.4) is 0 Å². The van der Waals surface area contributed by atoms with Crippen LogP contribution in [0.15, 0.2) is 30.0 Å². The molecule has 0 radical (unpaired) electrons. The number of carbonyl (C=O) groups excluding carboxylic acids is 2. The fraction of sp³-hybridized carbons (Fsp3) is 0.562. The highest BCUT2D eigenvalue weighted by molar-refractivity contribution is 6.02. The minimum atomic E-state index is -1.48. The number of methoxy groups -OCH3 is 2. The van der Waals surface area contributed by atoms with E-state index in [1.54, 1.807) is 0 Å². The zero-order chi connectivity index (χ0) is 15.0. The molecule has 1 aliphatic rings. The van der Waals surface area contributed by atoms with Crippen LogP contribution in [0.1, 0.15) is 38.5 Å². The lowest BCUT2D eigenvalue weighted by atomic mass is 9.83. The van der Waals surface area contributed by atoms with Crippen LogP contribution in [0.5, 0.6) is 0 Å². The number of allylic oxidation sites excluding steroid dienone is 1. The highest BCUT2D eigenvalue weighted by Crippen LogP contribution is 2.29. The lowest BCUT2D eigenvalue weighted by Gasteiger charge is -2.22. The Balaban J connectivity index is 3.20. The van der Waals surface area contributed by atoms with E-state index in [1.165, 1.54) is 32.8 Å². The molecular formula is C16H22O4. The summed E-state index contributed by atoms with van der Waals surface area (Å²) in [6.45, 7) is 3.60. The molecule has 0 aliphatic heterocycles. The monoisotopic (exact) mass is 278 g/mol. The van der Waals surface area contributed by atoms with Gasteiger partial charge in [0.15, 0.2) is 5.41 Å². The van der Waals surface area contributed by atoms with Gasteiger partial charge in [0.05, 0.1) is 14.2 Å².